The minimum Gasteiger partial charge on any atom is -0.312 e. The molecule has 0 spiro atoms. The highest BCUT2D eigenvalue weighted by Crippen LogP contribution is 2.44. The van der Waals surface area contributed by atoms with Crippen LogP contribution in [-0.2, 0) is 6.54 Å². The largest absolute Gasteiger partial charge is 0.312 e. The number of aromatic nitrogens is 3. The summed E-state index contributed by atoms with van der Waals surface area (Å²) in [5.41, 5.74) is 0. The van der Waals surface area contributed by atoms with E-state index in [1.807, 2.05) is 10.9 Å². The Morgan fingerprint density at radius 1 is 1.33 bits per heavy atom. The van der Waals surface area contributed by atoms with Crippen LogP contribution in [0, 0.1) is 11.8 Å². The van der Waals surface area contributed by atoms with E-state index < -0.39 is 0 Å². The van der Waals surface area contributed by atoms with Crippen LogP contribution < -0.4 is 5.32 Å². The smallest absolute Gasteiger partial charge is 0.0692 e. The first-order valence-electron chi connectivity index (χ1n) is 5.99. The summed E-state index contributed by atoms with van der Waals surface area (Å²) >= 11 is 0. The summed E-state index contributed by atoms with van der Waals surface area (Å²) in [6.07, 6.45) is 9.46. The molecule has 1 aromatic rings. The van der Waals surface area contributed by atoms with Crippen molar-refractivity contribution in [1.82, 2.24) is 20.3 Å². The van der Waals surface area contributed by atoms with Gasteiger partial charge in [-0.3, -0.25) is 4.68 Å². The van der Waals surface area contributed by atoms with E-state index in [0.717, 1.165) is 31.0 Å². The quantitative estimate of drug-likeness (QED) is 0.801. The molecule has 1 N–H and O–H groups in total. The molecule has 0 radical (unpaired) electrons. The Bertz CT molecular complexity index is 308. The van der Waals surface area contributed by atoms with E-state index in [2.05, 4.69) is 15.6 Å². The Morgan fingerprint density at radius 2 is 2.33 bits per heavy atom. The van der Waals surface area contributed by atoms with Gasteiger partial charge in [0.1, 0.15) is 0 Å². The van der Waals surface area contributed by atoms with E-state index in [4.69, 9.17) is 0 Å². The molecule has 2 aliphatic rings. The van der Waals surface area contributed by atoms with Crippen molar-refractivity contribution in [2.75, 3.05) is 6.54 Å². The average molecular weight is 206 g/mol. The SMILES string of the molecule is c1cn(CCNC2CC3CCC2C3)nn1. The van der Waals surface area contributed by atoms with E-state index in [0.29, 0.717) is 0 Å². The van der Waals surface area contributed by atoms with Crippen molar-refractivity contribution in [3.63, 3.8) is 0 Å². The van der Waals surface area contributed by atoms with Crippen LogP contribution in [0.5, 0.6) is 0 Å². The maximum Gasteiger partial charge on any atom is 0.0692 e. The lowest BCUT2D eigenvalue weighted by Crippen LogP contribution is -2.36. The zero-order chi connectivity index (χ0) is 10.1. The van der Waals surface area contributed by atoms with Gasteiger partial charge in [-0.15, -0.1) is 5.10 Å². The maximum atomic E-state index is 3.95. The third kappa shape index (κ3) is 1.91. The zero-order valence-corrected chi connectivity index (χ0v) is 8.97. The molecule has 0 amide bonds. The Labute approximate surface area is 90.0 Å². The van der Waals surface area contributed by atoms with Gasteiger partial charge in [0.15, 0.2) is 0 Å². The Hall–Kier alpha value is -0.900. The van der Waals surface area contributed by atoms with Crippen molar-refractivity contribution >= 4 is 0 Å². The predicted octanol–water partition coefficient (Wildman–Crippen LogP) is 1.06. The lowest BCUT2D eigenvalue weighted by atomic mass is 9.95. The molecule has 0 aliphatic heterocycles. The minimum absolute atomic E-state index is 0.785. The highest BCUT2D eigenvalue weighted by molar-refractivity contribution is 4.93. The molecule has 3 unspecified atom stereocenters. The summed E-state index contributed by atoms with van der Waals surface area (Å²) in [4.78, 5) is 0. The van der Waals surface area contributed by atoms with Crippen molar-refractivity contribution in [3.05, 3.63) is 12.4 Å². The molecule has 2 aliphatic carbocycles. The first-order valence-corrected chi connectivity index (χ1v) is 5.99. The number of nitrogens with zero attached hydrogens (tertiary/aromatic N) is 3. The summed E-state index contributed by atoms with van der Waals surface area (Å²) in [7, 11) is 0. The summed E-state index contributed by atoms with van der Waals surface area (Å²) in [5.74, 6) is 1.99. The normalized spacial score (nSPS) is 33.7. The van der Waals surface area contributed by atoms with Gasteiger partial charge >= 0.3 is 0 Å². The van der Waals surface area contributed by atoms with Gasteiger partial charge in [0.25, 0.3) is 0 Å². The topological polar surface area (TPSA) is 42.7 Å². The second-order valence-corrected chi connectivity index (χ2v) is 4.90. The lowest BCUT2D eigenvalue weighted by molar-refractivity contribution is 0.344. The maximum absolute atomic E-state index is 3.95. The van der Waals surface area contributed by atoms with Crippen LogP contribution in [0.2, 0.25) is 0 Å². The van der Waals surface area contributed by atoms with Crippen molar-refractivity contribution in [3.8, 4) is 0 Å². The van der Waals surface area contributed by atoms with E-state index in [1.165, 1.54) is 25.7 Å². The van der Waals surface area contributed by atoms with Crippen LogP contribution in [0.3, 0.4) is 0 Å². The third-order valence-corrected chi connectivity index (χ3v) is 3.96. The fraction of sp³-hybridized carbons (Fsp3) is 0.818. The Morgan fingerprint density at radius 3 is 3.00 bits per heavy atom. The van der Waals surface area contributed by atoms with Crippen molar-refractivity contribution in [1.29, 1.82) is 0 Å². The highest BCUT2D eigenvalue weighted by atomic mass is 15.4. The Kier molecular flexibility index (Phi) is 2.44. The van der Waals surface area contributed by atoms with Gasteiger partial charge in [-0.25, -0.2) is 0 Å². The monoisotopic (exact) mass is 206 g/mol. The van der Waals surface area contributed by atoms with Gasteiger partial charge in [-0.2, -0.15) is 0 Å². The molecule has 82 valence electrons. The van der Waals surface area contributed by atoms with Crippen molar-refractivity contribution in [2.45, 2.75) is 38.3 Å². The molecular formula is C11H18N4. The fourth-order valence-corrected chi connectivity index (χ4v) is 3.21. The second-order valence-electron chi connectivity index (χ2n) is 4.90. The molecule has 4 heteroatoms. The van der Waals surface area contributed by atoms with E-state index in [1.54, 1.807) is 6.20 Å². The highest BCUT2D eigenvalue weighted by Gasteiger charge is 2.38. The summed E-state index contributed by atoms with van der Waals surface area (Å²) in [6.45, 7) is 1.96. The lowest BCUT2D eigenvalue weighted by Gasteiger charge is -2.22. The third-order valence-electron chi connectivity index (χ3n) is 3.96. The summed E-state index contributed by atoms with van der Waals surface area (Å²) in [6, 6.07) is 0.785. The minimum atomic E-state index is 0.785. The van der Waals surface area contributed by atoms with Crippen LogP contribution in [0.1, 0.15) is 25.7 Å². The summed E-state index contributed by atoms with van der Waals surface area (Å²) < 4.78 is 1.89. The number of rotatable bonds is 4. The van der Waals surface area contributed by atoms with Crippen LogP contribution in [-0.4, -0.2) is 27.6 Å². The molecule has 3 rings (SSSR count). The van der Waals surface area contributed by atoms with Gasteiger partial charge in [-0.1, -0.05) is 11.6 Å². The first kappa shape index (κ1) is 9.33. The van der Waals surface area contributed by atoms with Gasteiger partial charge in [0, 0.05) is 18.8 Å². The number of nitrogens with one attached hydrogen (secondary N) is 1. The first-order chi connectivity index (χ1) is 7.42. The standard InChI is InChI=1S/C11H18N4/c1-2-10-7-9(1)8-11(10)12-3-5-15-6-4-13-14-15/h4,6,9-12H,1-3,5,7-8H2. The molecule has 15 heavy (non-hydrogen) atoms. The average Bonchev–Trinajstić information content (AvgIpc) is 2.93. The molecule has 2 saturated carbocycles. The van der Waals surface area contributed by atoms with Gasteiger partial charge < -0.3 is 5.32 Å². The van der Waals surface area contributed by atoms with Crippen molar-refractivity contribution < 1.29 is 0 Å². The van der Waals surface area contributed by atoms with Crippen LogP contribution in [0.25, 0.3) is 0 Å². The van der Waals surface area contributed by atoms with Gasteiger partial charge in [0.05, 0.1) is 12.7 Å². The molecule has 1 aromatic heterocycles. The second kappa shape index (κ2) is 3.93. The molecule has 3 atom stereocenters. The van der Waals surface area contributed by atoms with E-state index >= 15 is 0 Å². The van der Waals surface area contributed by atoms with Gasteiger partial charge in [0.2, 0.25) is 0 Å². The number of hydrogen-bond acceptors (Lipinski definition) is 3. The van der Waals surface area contributed by atoms with E-state index in [-0.39, 0.29) is 0 Å². The number of fused-ring (bicyclic) bond motifs is 2. The molecule has 1 heterocycles. The molecular weight excluding hydrogens is 188 g/mol. The zero-order valence-electron chi connectivity index (χ0n) is 8.97. The van der Waals surface area contributed by atoms with Crippen LogP contribution in [0.15, 0.2) is 12.4 Å². The molecule has 0 aromatic carbocycles. The van der Waals surface area contributed by atoms with Gasteiger partial charge in [-0.05, 0) is 31.1 Å². The van der Waals surface area contributed by atoms with Crippen molar-refractivity contribution in [2.24, 2.45) is 11.8 Å². The Balaban J connectivity index is 1.43. The van der Waals surface area contributed by atoms with E-state index in [9.17, 15) is 0 Å². The molecule has 0 saturated heterocycles. The number of hydrogen-bond donors (Lipinski definition) is 1. The predicted molar refractivity (Wildman–Crippen MR) is 57.3 cm³/mol. The molecule has 2 fully saturated rings. The molecule has 2 bridgehead atoms. The summed E-state index contributed by atoms with van der Waals surface area (Å²) in [5, 5.41) is 11.4. The van der Waals surface area contributed by atoms with Crippen LogP contribution >= 0.6 is 0 Å². The fourth-order valence-electron chi connectivity index (χ4n) is 3.21. The van der Waals surface area contributed by atoms with Crippen LogP contribution in [0.4, 0.5) is 0 Å². The molecule has 4 nitrogen and oxygen atoms in total.